The quantitative estimate of drug-likeness (QED) is 0.558. The van der Waals surface area contributed by atoms with Crippen molar-refractivity contribution in [2.45, 2.75) is 6.54 Å². The highest BCUT2D eigenvalue weighted by Crippen LogP contribution is 2.12. The van der Waals surface area contributed by atoms with Gasteiger partial charge in [-0.25, -0.2) is 0 Å². The summed E-state index contributed by atoms with van der Waals surface area (Å²) in [6, 6.07) is 8.16. The molecule has 0 saturated heterocycles. The molecule has 2 rings (SSSR count). The molecule has 0 aliphatic carbocycles. The van der Waals surface area contributed by atoms with Crippen LogP contribution < -0.4 is 0 Å². The van der Waals surface area contributed by atoms with Crippen LogP contribution in [0, 0.1) is 0 Å². The van der Waals surface area contributed by atoms with Crippen LogP contribution in [0.1, 0.15) is 0 Å². The first-order chi connectivity index (χ1) is 6.92. The third-order valence-corrected chi connectivity index (χ3v) is 2.26. The summed E-state index contributed by atoms with van der Waals surface area (Å²) in [6.45, 7) is 0.778. The summed E-state index contributed by atoms with van der Waals surface area (Å²) in [4.78, 5) is 0. The molecule has 2 nitrogen and oxygen atoms in total. The fourth-order valence-corrected chi connectivity index (χ4v) is 1.53. The van der Waals surface area contributed by atoms with Crippen LogP contribution in [0.15, 0.2) is 42.6 Å². The molecule has 0 aliphatic heterocycles. The lowest BCUT2D eigenvalue weighted by Crippen LogP contribution is -1.96. The Labute approximate surface area is 87.8 Å². The number of aromatic nitrogens is 2. The summed E-state index contributed by atoms with van der Waals surface area (Å²) in [5.41, 5.74) is 1.16. The zero-order valence-corrected chi connectivity index (χ0v) is 8.48. The van der Waals surface area contributed by atoms with Gasteiger partial charge in [0.1, 0.15) is 0 Å². The van der Waals surface area contributed by atoms with Crippen molar-refractivity contribution in [1.82, 2.24) is 9.78 Å². The first-order valence-corrected chi connectivity index (χ1v) is 5.07. The summed E-state index contributed by atoms with van der Waals surface area (Å²) in [5, 5.41) is 5.46. The van der Waals surface area contributed by atoms with Crippen molar-refractivity contribution in [3.63, 3.8) is 0 Å². The molecule has 1 aromatic carbocycles. The summed E-state index contributed by atoms with van der Waals surface area (Å²) in [7, 11) is 0. The van der Waals surface area contributed by atoms with Gasteiger partial charge < -0.3 is 0 Å². The fraction of sp³-hybridized carbons (Fsp3) is 0.182. The second-order valence-electron chi connectivity index (χ2n) is 3.01. The number of allylic oxidation sites excluding steroid dienone is 2. The van der Waals surface area contributed by atoms with E-state index in [2.05, 4.69) is 17.2 Å². The smallest absolute Gasteiger partial charge is 0.0686 e. The molecular weight excluding hydrogens is 196 g/mol. The number of fused-ring (bicyclic) bond motifs is 1. The van der Waals surface area contributed by atoms with E-state index >= 15 is 0 Å². The SMILES string of the molecule is ClCC=CCn1ncc2ccccc21. The first-order valence-electron chi connectivity index (χ1n) is 4.53. The van der Waals surface area contributed by atoms with Crippen LogP contribution in [0.4, 0.5) is 0 Å². The zero-order chi connectivity index (χ0) is 9.80. The number of hydrogen-bond donors (Lipinski definition) is 0. The minimum Gasteiger partial charge on any atom is -0.261 e. The topological polar surface area (TPSA) is 17.8 Å². The second kappa shape index (κ2) is 4.29. The van der Waals surface area contributed by atoms with Gasteiger partial charge in [-0.1, -0.05) is 30.4 Å². The standard InChI is InChI=1S/C11H11ClN2/c12-7-3-4-8-14-11-6-2-1-5-10(11)9-13-14/h1-6,9H,7-8H2. The maximum atomic E-state index is 5.54. The highest BCUT2D eigenvalue weighted by atomic mass is 35.5. The lowest BCUT2D eigenvalue weighted by molar-refractivity contribution is 0.727. The summed E-state index contributed by atoms with van der Waals surface area (Å²) < 4.78 is 1.96. The van der Waals surface area contributed by atoms with Crippen molar-refractivity contribution in [1.29, 1.82) is 0 Å². The van der Waals surface area contributed by atoms with Gasteiger partial charge in [0.15, 0.2) is 0 Å². The Kier molecular flexibility index (Phi) is 2.84. The highest BCUT2D eigenvalue weighted by Gasteiger charge is 1.97. The summed E-state index contributed by atoms with van der Waals surface area (Å²) >= 11 is 5.54. The Balaban J connectivity index is 2.29. The van der Waals surface area contributed by atoms with Crippen LogP contribution in [0.25, 0.3) is 10.9 Å². The monoisotopic (exact) mass is 206 g/mol. The summed E-state index contributed by atoms with van der Waals surface area (Å²) in [6.07, 6.45) is 5.83. The van der Waals surface area contributed by atoms with Crippen LogP contribution in [0.2, 0.25) is 0 Å². The predicted molar refractivity (Wildman–Crippen MR) is 59.6 cm³/mol. The van der Waals surface area contributed by atoms with E-state index in [1.54, 1.807) is 0 Å². The number of alkyl halides is 1. The van der Waals surface area contributed by atoms with Gasteiger partial charge in [0.2, 0.25) is 0 Å². The third kappa shape index (κ3) is 1.80. The average Bonchev–Trinajstić information content (AvgIpc) is 2.63. The fourth-order valence-electron chi connectivity index (χ4n) is 1.41. The molecule has 0 N–H and O–H groups in total. The minimum absolute atomic E-state index is 0.555. The van der Waals surface area contributed by atoms with Crippen molar-refractivity contribution in [3.05, 3.63) is 42.6 Å². The lowest BCUT2D eigenvalue weighted by atomic mass is 10.2. The van der Waals surface area contributed by atoms with E-state index < -0.39 is 0 Å². The van der Waals surface area contributed by atoms with Crippen molar-refractivity contribution in [3.8, 4) is 0 Å². The van der Waals surface area contributed by atoms with Crippen molar-refractivity contribution >= 4 is 22.5 Å². The third-order valence-electron chi connectivity index (χ3n) is 2.09. The van der Waals surface area contributed by atoms with E-state index in [1.807, 2.05) is 35.2 Å². The highest BCUT2D eigenvalue weighted by molar-refractivity contribution is 6.18. The van der Waals surface area contributed by atoms with Gasteiger partial charge in [-0.3, -0.25) is 4.68 Å². The molecule has 72 valence electrons. The molecule has 0 bridgehead atoms. The number of rotatable bonds is 3. The maximum Gasteiger partial charge on any atom is 0.0686 e. The van der Waals surface area contributed by atoms with Gasteiger partial charge in [0.25, 0.3) is 0 Å². The zero-order valence-electron chi connectivity index (χ0n) is 7.73. The Bertz CT molecular complexity index is 445. The molecule has 0 fully saturated rings. The molecule has 1 aromatic heterocycles. The maximum absolute atomic E-state index is 5.54. The Hall–Kier alpha value is -1.28. The molecule has 0 radical (unpaired) electrons. The largest absolute Gasteiger partial charge is 0.261 e. The number of halogens is 1. The minimum atomic E-state index is 0.555. The molecule has 3 heteroatoms. The van der Waals surface area contributed by atoms with Crippen LogP contribution in [0.5, 0.6) is 0 Å². The van der Waals surface area contributed by atoms with Crippen molar-refractivity contribution < 1.29 is 0 Å². The summed E-state index contributed by atoms with van der Waals surface area (Å²) in [5.74, 6) is 0.555. The molecule has 0 saturated carbocycles. The number of benzene rings is 1. The van der Waals surface area contributed by atoms with Gasteiger partial charge in [-0.15, -0.1) is 11.6 Å². The Morgan fingerprint density at radius 3 is 3.00 bits per heavy atom. The molecule has 0 unspecified atom stereocenters. The van der Waals surface area contributed by atoms with Crippen LogP contribution in [0.3, 0.4) is 0 Å². The van der Waals surface area contributed by atoms with Gasteiger partial charge in [-0.05, 0) is 6.07 Å². The molecule has 0 atom stereocenters. The first kappa shape index (κ1) is 9.28. The van der Waals surface area contributed by atoms with Crippen molar-refractivity contribution in [2.24, 2.45) is 0 Å². The van der Waals surface area contributed by atoms with E-state index in [0.29, 0.717) is 5.88 Å². The van der Waals surface area contributed by atoms with Crippen molar-refractivity contribution in [2.75, 3.05) is 5.88 Å². The van der Waals surface area contributed by atoms with E-state index in [1.165, 1.54) is 5.39 Å². The average molecular weight is 207 g/mol. The van der Waals surface area contributed by atoms with E-state index in [0.717, 1.165) is 12.1 Å². The Morgan fingerprint density at radius 1 is 1.29 bits per heavy atom. The predicted octanol–water partition coefficient (Wildman–Crippen LogP) is 2.83. The van der Waals surface area contributed by atoms with Crippen LogP contribution >= 0.6 is 11.6 Å². The van der Waals surface area contributed by atoms with E-state index in [-0.39, 0.29) is 0 Å². The van der Waals surface area contributed by atoms with Gasteiger partial charge >= 0.3 is 0 Å². The molecule has 0 amide bonds. The van der Waals surface area contributed by atoms with E-state index in [4.69, 9.17) is 11.6 Å². The number of nitrogens with zero attached hydrogens (tertiary/aromatic N) is 2. The van der Waals surface area contributed by atoms with Crippen LogP contribution in [-0.2, 0) is 6.54 Å². The molecule has 2 aromatic rings. The normalized spacial score (nSPS) is 11.5. The molecule has 0 aliphatic rings. The van der Waals surface area contributed by atoms with Gasteiger partial charge in [0.05, 0.1) is 18.3 Å². The molecular formula is C11H11ClN2. The lowest BCUT2D eigenvalue weighted by Gasteiger charge is -1.97. The van der Waals surface area contributed by atoms with Gasteiger partial charge in [0, 0.05) is 11.3 Å². The molecule has 0 spiro atoms. The van der Waals surface area contributed by atoms with E-state index in [9.17, 15) is 0 Å². The second-order valence-corrected chi connectivity index (χ2v) is 3.32. The Morgan fingerprint density at radius 2 is 2.14 bits per heavy atom. The number of hydrogen-bond acceptors (Lipinski definition) is 1. The molecule has 1 heterocycles. The number of para-hydroxylation sites is 1. The molecule has 14 heavy (non-hydrogen) atoms. The van der Waals surface area contributed by atoms with Gasteiger partial charge in [-0.2, -0.15) is 5.10 Å². The van der Waals surface area contributed by atoms with Crippen LogP contribution in [-0.4, -0.2) is 15.7 Å².